The van der Waals surface area contributed by atoms with Crippen LogP contribution in [0.5, 0.6) is 0 Å². The van der Waals surface area contributed by atoms with Gasteiger partial charge in [-0.1, -0.05) is 0 Å². The molecule has 0 saturated heterocycles. The molecule has 0 aliphatic heterocycles. The molecule has 0 saturated carbocycles. The largest absolute Gasteiger partial charge is 0.302 e. The summed E-state index contributed by atoms with van der Waals surface area (Å²) in [6.07, 6.45) is 0. The van der Waals surface area contributed by atoms with Crippen molar-refractivity contribution in [1.82, 2.24) is 19.7 Å². The van der Waals surface area contributed by atoms with E-state index in [4.69, 9.17) is 12.2 Å². The van der Waals surface area contributed by atoms with Gasteiger partial charge in [0.1, 0.15) is 5.82 Å². The molecule has 0 aliphatic rings. The lowest BCUT2D eigenvalue weighted by Crippen LogP contribution is -2.16. The van der Waals surface area contributed by atoms with E-state index in [-0.39, 0.29) is 0 Å². The molecule has 0 radical (unpaired) electrons. The summed E-state index contributed by atoms with van der Waals surface area (Å²) in [5.41, 5.74) is 0. The average molecular weight is 200 g/mol. The highest BCUT2D eigenvalue weighted by Crippen LogP contribution is 2.09. The Bertz CT molecular complexity index is 323. The van der Waals surface area contributed by atoms with Crippen LogP contribution in [0.15, 0.2) is 0 Å². The summed E-state index contributed by atoms with van der Waals surface area (Å²) in [5.74, 6) is 0.991. The molecule has 1 aromatic heterocycles. The summed E-state index contributed by atoms with van der Waals surface area (Å²) in [6, 6.07) is 0.362. The van der Waals surface area contributed by atoms with Crippen LogP contribution in [-0.2, 0) is 6.54 Å². The van der Waals surface area contributed by atoms with Gasteiger partial charge in [0.05, 0.1) is 6.54 Å². The molecule has 1 aromatic rings. The van der Waals surface area contributed by atoms with Crippen LogP contribution in [0, 0.1) is 4.77 Å². The van der Waals surface area contributed by atoms with Gasteiger partial charge in [0.15, 0.2) is 4.77 Å². The maximum absolute atomic E-state index is 5.13. The van der Waals surface area contributed by atoms with Crippen molar-refractivity contribution in [2.24, 2.45) is 0 Å². The SMILES string of the molecule is CC(C)n1c(CN(C)C)n[nH]c1=S. The van der Waals surface area contributed by atoms with Crippen LogP contribution in [-0.4, -0.2) is 33.8 Å². The molecule has 0 unspecified atom stereocenters. The Kier molecular flexibility index (Phi) is 3.22. The Labute approximate surface area is 83.6 Å². The number of hydrogen-bond acceptors (Lipinski definition) is 3. The molecule has 1 N–H and O–H groups in total. The minimum absolute atomic E-state index is 0.362. The van der Waals surface area contributed by atoms with E-state index >= 15 is 0 Å². The average Bonchev–Trinajstić information content (AvgIpc) is 2.30. The van der Waals surface area contributed by atoms with Gasteiger partial charge in [-0.2, -0.15) is 5.10 Å². The van der Waals surface area contributed by atoms with Crippen LogP contribution in [0.4, 0.5) is 0 Å². The second kappa shape index (κ2) is 4.02. The van der Waals surface area contributed by atoms with Gasteiger partial charge in [-0.05, 0) is 40.2 Å². The van der Waals surface area contributed by atoms with Crippen LogP contribution in [0.25, 0.3) is 0 Å². The van der Waals surface area contributed by atoms with Gasteiger partial charge in [-0.15, -0.1) is 0 Å². The lowest BCUT2D eigenvalue weighted by Gasteiger charge is -2.13. The minimum atomic E-state index is 0.362. The number of H-pyrrole nitrogens is 1. The fourth-order valence-electron chi connectivity index (χ4n) is 1.26. The minimum Gasteiger partial charge on any atom is -0.302 e. The third kappa shape index (κ3) is 2.38. The maximum atomic E-state index is 5.13. The third-order valence-electron chi connectivity index (χ3n) is 1.75. The molecule has 0 bridgehead atoms. The Morgan fingerprint density at radius 1 is 1.54 bits per heavy atom. The summed E-state index contributed by atoms with van der Waals surface area (Å²) >= 11 is 5.13. The van der Waals surface area contributed by atoms with E-state index in [2.05, 4.69) is 28.9 Å². The highest BCUT2D eigenvalue weighted by molar-refractivity contribution is 7.71. The number of rotatable bonds is 3. The van der Waals surface area contributed by atoms with Crippen molar-refractivity contribution in [2.45, 2.75) is 26.4 Å². The zero-order chi connectivity index (χ0) is 10.0. The molecule has 5 heteroatoms. The molecule has 0 aromatic carbocycles. The molecule has 0 aliphatic carbocycles. The van der Waals surface area contributed by atoms with Crippen molar-refractivity contribution in [1.29, 1.82) is 0 Å². The smallest absolute Gasteiger partial charge is 0.195 e. The second-order valence-electron chi connectivity index (χ2n) is 3.65. The third-order valence-corrected chi connectivity index (χ3v) is 2.04. The summed E-state index contributed by atoms with van der Waals surface area (Å²) < 4.78 is 2.74. The van der Waals surface area contributed by atoms with Gasteiger partial charge in [0.2, 0.25) is 0 Å². The Balaban J connectivity index is 3.01. The summed E-state index contributed by atoms with van der Waals surface area (Å²) in [7, 11) is 4.03. The molecule has 0 spiro atoms. The van der Waals surface area contributed by atoms with Gasteiger partial charge in [0, 0.05) is 6.04 Å². The van der Waals surface area contributed by atoms with Crippen molar-refractivity contribution in [3.05, 3.63) is 10.6 Å². The van der Waals surface area contributed by atoms with Crippen molar-refractivity contribution < 1.29 is 0 Å². The Morgan fingerprint density at radius 3 is 2.62 bits per heavy atom. The standard InChI is InChI=1S/C8H16N4S/c1-6(2)12-7(5-11(3)4)9-10-8(12)13/h6H,5H2,1-4H3,(H,10,13). The first-order chi connectivity index (χ1) is 6.02. The summed E-state index contributed by atoms with van der Waals surface area (Å²) in [5, 5.41) is 6.99. The molecular weight excluding hydrogens is 184 g/mol. The first kappa shape index (κ1) is 10.4. The lowest BCUT2D eigenvalue weighted by molar-refractivity contribution is 0.374. The van der Waals surface area contributed by atoms with Crippen LogP contribution in [0.3, 0.4) is 0 Å². The van der Waals surface area contributed by atoms with E-state index in [1.165, 1.54) is 0 Å². The molecule has 1 heterocycles. The predicted octanol–water partition coefficient (Wildman–Crippen LogP) is 1.58. The molecular formula is C8H16N4S. The van der Waals surface area contributed by atoms with Gasteiger partial charge in [0.25, 0.3) is 0 Å². The first-order valence-electron chi connectivity index (χ1n) is 4.33. The van der Waals surface area contributed by atoms with E-state index < -0.39 is 0 Å². The molecule has 0 amide bonds. The quantitative estimate of drug-likeness (QED) is 0.753. The molecule has 0 atom stereocenters. The van der Waals surface area contributed by atoms with E-state index in [9.17, 15) is 0 Å². The maximum Gasteiger partial charge on any atom is 0.195 e. The van der Waals surface area contributed by atoms with E-state index in [0.717, 1.165) is 12.4 Å². The number of hydrogen-bond donors (Lipinski definition) is 1. The number of aromatic nitrogens is 3. The van der Waals surface area contributed by atoms with Gasteiger partial charge in [-0.25, -0.2) is 0 Å². The summed E-state index contributed by atoms with van der Waals surface area (Å²) in [6.45, 7) is 5.01. The number of nitrogens with one attached hydrogen (secondary N) is 1. The Morgan fingerprint density at radius 2 is 2.15 bits per heavy atom. The first-order valence-corrected chi connectivity index (χ1v) is 4.73. The van der Waals surface area contributed by atoms with Gasteiger partial charge >= 0.3 is 0 Å². The zero-order valence-corrected chi connectivity index (χ0v) is 9.35. The summed E-state index contributed by atoms with van der Waals surface area (Å²) in [4.78, 5) is 2.07. The molecule has 13 heavy (non-hydrogen) atoms. The number of aromatic amines is 1. The molecule has 4 nitrogen and oxygen atoms in total. The van der Waals surface area contributed by atoms with E-state index in [1.54, 1.807) is 0 Å². The highest BCUT2D eigenvalue weighted by atomic mass is 32.1. The van der Waals surface area contributed by atoms with Gasteiger partial charge in [-0.3, -0.25) is 5.10 Å². The molecule has 0 fully saturated rings. The van der Waals surface area contributed by atoms with Crippen molar-refractivity contribution in [2.75, 3.05) is 14.1 Å². The van der Waals surface area contributed by atoms with Crippen LogP contribution >= 0.6 is 12.2 Å². The molecule has 74 valence electrons. The highest BCUT2D eigenvalue weighted by Gasteiger charge is 2.09. The number of nitrogens with zero attached hydrogens (tertiary/aromatic N) is 3. The van der Waals surface area contributed by atoms with E-state index in [0.29, 0.717) is 10.8 Å². The predicted molar refractivity (Wildman–Crippen MR) is 55.2 cm³/mol. The molecule has 1 rings (SSSR count). The lowest BCUT2D eigenvalue weighted by atomic mass is 10.4. The van der Waals surface area contributed by atoms with Gasteiger partial charge < -0.3 is 9.47 Å². The van der Waals surface area contributed by atoms with Crippen LogP contribution in [0.1, 0.15) is 25.7 Å². The van der Waals surface area contributed by atoms with Crippen molar-refractivity contribution in [3.63, 3.8) is 0 Å². The normalized spacial score (nSPS) is 11.5. The van der Waals surface area contributed by atoms with Crippen LogP contribution < -0.4 is 0 Å². The fourth-order valence-corrected chi connectivity index (χ4v) is 1.63. The van der Waals surface area contributed by atoms with Crippen molar-refractivity contribution in [3.8, 4) is 0 Å². The zero-order valence-electron chi connectivity index (χ0n) is 8.53. The monoisotopic (exact) mass is 200 g/mol. The second-order valence-corrected chi connectivity index (χ2v) is 4.03. The Hall–Kier alpha value is -0.680. The topological polar surface area (TPSA) is 36.9 Å². The fraction of sp³-hybridized carbons (Fsp3) is 0.750. The van der Waals surface area contributed by atoms with Crippen molar-refractivity contribution >= 4 is 12.2 Å². The van der Waals surface area contributed by atoms with Crippen LogP contribution in [0.2, 0.25) is 0 Å². The van der Waals surface area contributed by atoms with E-state index in [1.807, 2.05) is 18.7 Å².